The Labute approximate surface area is 125 Å². The standard InChI is InChI=1S/C13H16BrF2NO2S/c14-20(18,19)12-4-7-17(8-5-12)6-3-10-1-2-11(15)9-13(10)16/h1-2,9,12H,3-8H2. The highest BCUT2D eigenvalue weighted by Crippen LogP contribution is 2.22. The van der Waals surface area contributed by atoms with Gasteiger partial charge in [-0.2, -0.15) is 0 Å². The third-order valence-corrected chi connectivity index (χ3v) is 6.50. The molecule has 112 valence electrons. The van der Waals surface area contributed by atoms with Crippen LogP contribution in [-0.4, -0.2) is 38.2 Å². The van der Waals surface area contributed by atoms with Gasteiger partial charge in [-0.25, -0.2) is 17.2 Å². The molecule has 1 heterocycles. The molecule has 0 amide bonds. The first-order chi connectivity index (χ1) is 9.36. The molecule has 3 nitrogen and oxygen atoms in total. The average molecular weight is 368 g/mol. The number of likely N-dealkylation sites (tertiary alicyclic amines) is 1. The van der Waals surface area contributed by atoms with E-state index in [4.69, 9.17) is 0 Å². The number of nitrogens with zero attached hydrogens (tertiary/aromatic N) is 1. The van der Waals surface area contributed by atoms with E-state index in [1.807, 2.05) is 0 Å². The van der Waals surface area contributed by atoms with Crippen LogP contribution < -0.4 is 0 Å². The second kappa shape index (κ2) is 6.49. The molecule has 1 aliphatic heterocycles. The van der Waals surface area contributed by atoms with Crippen molar-refractivity contribution in [2.24, 2.45) is 0 Å². The van der Waals surface area contributed by atoms with Gasteiger partial charge in [0.05, 0.1) is 20.1 Å². The van der Waals surface area contributed by atoms with Crippen LogP contribution >= 0.6 is 14.8 Å². The largest absolute Gasteiger partial charge is 0.303 e. The average Bonchev–Trinajstić information content (AvgIpc) is 2.37. The van der Waals surface area contributed by atoms with Gasteiger partial charge in [-0.05, 0) is 44.0 Å². The summed E-state index contributed by atoms with van der Waals surface area (Å²) in [5, 5.41) is -0.332. The van der Waals surface area contributed by atoms with Crippen molar-refractivity contribution in [2.45, 2.75) is 24.5 Å². The number of halogens is 3. The second-order valence-corrected chi connectivity index (χ2v) is 9.33. The second-order valence-electron chi connectivity index (χ2n) is 5.00. The van der Waals surface area contributed by atoms with Gasteiger partial charge in [-0.1, -0.05) is 6.07 Å². The molecule has 0 bridgehead atoms. The molecule has 0 N–H and O–H groups in total. The number of hydrogen-bond acceptors (Lipinski definition) is 3. The zero-order valence-corrected chi connectivity index (χ0v) is 13.3. The van der Waals surface area contributed by atoms with Gasteiger partial charge in [0.15, 0.2) is 0 Å². The third-order valence-electron chi connectivity index (χ3n) is 3.65. The van der Waals surface area contributed by atoms with Crippen LogP contribution in [0.5, 0.6) is 0 Å². The first-order valence-electron chi connectivity index (χ1n) is 6.46. The molecule has 7 heteroatoms. The van der Waals surface area contributed by atoms with E-state index in [0.717, 1.165) is 6.07 Å². The quantitative estimate of drug-likeness (QED) is 0.767. The highest BCUT2D eigenvalue weighted by atomic mass is 79.9. The Morgan fingerprint density at radius 1 is 1.25 bits per heavy atom. The van der Waals surface area contributed by atoms with Crippen LogP contribution in [0, 0.1) is 11.6 Å². The SMILES string of the molecule is O=S(=O)(Br)C1CCN(CCc2ccc(F)cc2F)CC1. The van der Waals surface area contributed by atoms with Crippen molar-refractivity contribution < 1.29 is 17.2 Å². The van der Waals surface area contributed by atoms with Crippen LogP contribution in [0.4, 0.5) is 8.78 Å². The normalized spacial score (nSPS) is 18.4. The monoisotopic (exact) mass is 367 g/mol. The summed E-state index contributed by atoms with van der Waals surface area (Å²) in [5.74, 6) is -1.10. The molecule has 1 aromatic carbocycles. The van der Waals surface area contributed by atoms with E-state index in [2.05, 4.69) is 19.7 Å². The van der Waals surface area contributed by atoms with Crippen LogP contribution in [0.15, 0.2) is 18.2 Å². The fourth-order valence-electron chi connectivity index (χ4n) is 2.42. The van der Waals surface area contributed by atoms with Crippen molar-refractivity contribution in [1.29, 1.82) is 0 Å². The molecule has 1 aliphatic rings. The van der Waals surface area contributed by atoms with E-state index in [1.54, 1.807) is 0 Å². The number of rotatable bonds is 4. The van der Waals surface area contributed by atoms with Gasteiger partial charge >= 0.3 is 0 Å². The lowest BCUT2D eigenvalue weighted by molar-refractivity contribution is 0.232. The Hall–Kier alpha value is -0.530. The maximum absolute atomic E-state index is 13.5. The van der Waals surface area contributed by atoms with Gasteiger partial charge in [0.2, 0.25) is 8.27 Å². The number of benzene rings is 1. The Morgan fingerprint density at radius 3 is 2.45 bits per heavy atom. The third kappa shape index (κ3) is 4.23. The summed E-state index contributed by atoms with van der Waals surface area (Å²) in [6.45, 7) is 2.01. The van der Waals surface area contributed by atoms with Crippen molar-refractivity contribution in [1.82, 2.24) is 4.90 Å². The van der Waals surface area contributed by atoms with Crippen LogP contribution in [0.2, 0.25) is 0 Å². The van der Waals surface area contributed by atoms with Crippen LogP contribution in [0.1, 0.15) is 18.4 Å². The highest BCUT2D eigenvalue weighted by Gasteiger charge is 2.27. The zero-order chi connectivity index (χ0) is 14.8. The molecule has 1 aromatic rings. The lowest BCUT2D eigenvalue weighted by Gasteiger charge is -2.30. The highest BCUT2D eigenvalue weighted by molar-refractivity contribution is 9.47. The molecular formula is C13H16BrF2NO2S. The molecule has 0 unspecified atom stereocenters. The summed E-state index contributed by atoms with van der Waals surface area (Å²) in [4.78, 5) is 2.11. The first kappa shape index (κ1) is 15.9. The Balaban J connectivity index is 1.84. The van der Waals surface area contributed by atoms with Gasteiger partial charge in [-0.15, -0.1) is 0 Å². The fourth-order valence-corrected chi connectivity index (χ4v) is 4.31. The zero-order valence-electron chi connectivity index (χ0n) is 10.9. The van der Waals surface area contributed by atoms with Crippen molar-refractivity contribution in [3.8, 4) is 0 Å². The Kier molecular flexibility index (Phi) is 5.14. The van der Waals surface area contributed by atoms with E-state index < -0.39 is 19.9 Å². The van der Waals surface area contributed by atoms with Crippen molar-refractivity contribution in [3.63, 3.8) is 0 Å². The molecular weight excluding hydrogens is 352 g/mol. The van der Waals surface area contributed by atoms with Crippen LogP contribution in [0.25, 0.3) is 0 Å². The van der Waals surface area contributed by atoms with E-state index in [0.29, 0.717) is 44.5 Å². The maximum atomic E-state index is 13.5. The molecule has 1 saturated heterocycles. The van der Waals surface area contributed by atoms with Crippen molar-refractivity contribution in [2.75, 3.05) is 19.6 Å². The molecule has 0 spiro atoms. The summed E-state index contributed by atoms with van der Waals surface area (Å²) in [6.07, 6.45) is 1.66. The lowest BCUT2D eigenvalue weighted by Crippen LogP contribution is -2.39. The topological polar surface area (TPSA) is 37.4 Å². The van der Waals surface area contributed by atoms with E-state index >= 15 is 0 Å². The fraction of sp³-hybridized carbons (Fsp3) is 0.538. The van der Waals surface area contributed by atoms with Crippen molar-refractivity contribution >= 4 is 23.1 Å². The minimum Gasteiger partial charge on any atom is -0.303 e. The minimum absolute atomic E-state index is 0.332. The summed E-state index contributed by atoms with van der Waals surface area (Å²) in [6, 6.07) is 3.60. The van der Waals surface area contributed by atoms with E-state index in [1.165, 1.54) is 12.1 Å². The summed E-state index contributed by atoms with van der Waals surface area (Å²) in [7, 11) is -3.14. The van der Waals surface area contributed by atoms with Crippen LogP contribution in [0.3, 0.4) is 0 Å². The Morgan fingerprint density at radius 2 is 1.90 bits per heavy atom. The van der Waals surface area contributed by atoms with Gasteiger partial charge in [-0.3, -0.25) is 0 Å². The van der Waals surface area contributed by atoms with E-state index in [9.17, 15) is 17.2 Å². The lowest BCUT2D eigenvalue weighted by atomic mass is 10.1. The van der Waals surface area contributed by atoms with Crippen molar-refractivity contribution in [3.05, 3.63) is 35.4 Å². The number of hydrogen-bond donors (Lipinski definition) is 0. The van der Waals surface area contributed by atoms with Gasteiger partial charge in [0, 0.05) is 12.6 Å². The summed E-state index contributed by atoms with van der Waals surface area (Å²) < 4.78 is 49.0. The molecule has 0 aromatic heterocycles. The van der Waals surface area contributed by atoms with Gasteiger partial charge in [0.1, 0.15) is 11.6 Å². The number of piperidine rings is 1. The molecule has 2 rings (SSSR count). The first-order valence-corrected chi connectivity index (χ1v) is 9.85. The molecule has 0 aliphatic carbocycles. The van der Waals surface area contributed by atoms with E-state index in [-0.39, 0.29) is 5.25 Å². The van der Waals surface area contributed by atoms with Gasteiger partial charge < -0.3 is 4.90 Å². The molecule has 0 saturated carbocycles. The molecule has 0 atom stereocenters. The maximum Gasteiger partial charge on any atom is 0.212 e. The molecule has 0 radical (unpaired) electrons. The van der Waals surface area contributed by atoms with Crippen LogP contribution in [-0.2, 0) is 14.7 Å². The Bertz CT molecular complexity index is 572. The molecule has 1 fully saturated rings. The summed E-state index contributed by atoms with van der Waals surface area (Å²) in [5.41, 5.74) is 0.488. The smallest absolute Gasteiger partial charge is 0.212 e. The minimum atomic E-state index is -3.14. The summed E-state index contributed by atoms with van der Waals surface area (Å²) >= 11 is 2.72. The predicted octanol–water partition coefficient (Wildman–Crippen LogP) is 2.70. The predicted molar refractivity (Wildman–Crippen MR) is 77.4 cm³/mol. The van der Waals surface area contributed by atoms with Gasteiger partial charge in [0.25, 0.3) is 0 Å². The molecule has 20 heavy (non-hydrogen) atoms.